The van der Waals surface area contributed by atoms with Crippen molar-refractivity contribution >= 4 is 17.3 Å². The van der Waals surface area contributed by atoms with Crippen LogP contribution in [0, 0.1) is 19.3 Å². The molecule has 3 rings (SSSR count). The second kappa shape index (κ2) is 8.37. The van der Waals surface area contributed by atoms with Crippen molar-refractivity contribution in [2.75, 3.05) is 0 Å². The van der Waals surface area contributed by atoms with Gasteiger partial charge in [0.1, 0.15) is 5.75 Å². The number of H-pyrrole nitrogens is 1. The van der Waals surface area contributed by atoms with Gasteiger partial charge in [-0.05, 0) is 42.3 Å². The quantitative estimate of drug-likeness (QED) is 0.536. The number of benzene rings is 2. The van der Waals surface area contributed by atoms with Gasteiger partial charge in [0, 0.05) is 18.1 Å². The molecule has 0 bridgehead atoms. The smallest absolute Gasteiger partial charge is 0.264 e. The van der Waals surface area contributed by atoms with E-state index in [0.717, 1.165) is 12.1 Å². The van der Waals surface area contributed by atoms with Gasteiger partial charge in [-0.25, -0.2) is 23.1 Å². The molecule has 1 N–H and O–H groups in total. The van der Waals surface area contributed by atoms with Crippen LogP contribution in [0.25, 0.3) is 4.85 Å². The fourth-order valence-electron chi connectivity index (χ4n) is 2.66. The number of rotatable bonds is 5. The average molecular weight is 420 g/mol. The Kier molecular flexibility index (Phi) is 5.89. The molecule has 0 aliphatic rings. The van der Waals surface area contributed by atoms with Gasteiger partial charge in [0.15, 0.2) is 17.3 Å². The van der Waals surface area contributed by atoms with Crippen molar-refractivity contribution in [3.8, 4) is 11.5 Å². The summed E-state index contributed by atoms with van der Waals surface area (Å²) in [6.45, 7) is 8.70. The van der Waals surface area contributed by atoms with E-state index in [1.165, 1.54) is 24.3 Å². The number of ether oxygens (including phenoxy) is 1. The van der Waals surface area contributed by atoms with Crippen LogP contribution >= 0.6 is 11.6 Å². The molecule has 148 valence electrons. The van der Waals surface area contributed by atoms with Gasteiger partial charge in [-0.1, -0.05) is 17.7 Å². The first kappa shape index (κ1) is 20.4. The number of aromatic nitrogens is 2. The summed E-state index contributed by atoms with van der Waals surface area (Å²) in [6, 6.07) is 7.46. The van der Waals surface area contributed by atoms with E-state index in [2.05, 4.69) is 15.0 Å². The van der Waals surface area contributed by atoms with E-state index in [-0.39, 0.29) is 39.8 Å². The molecule has 0 saturated carbocycles. The van der Waals surface area contributed by atoms with Crippen LogP contribution in [0.2, 0.25) is 5.02 Å². The second-order valence-corrected chi connectivity index (χ2v) is 6.57. The number of aryl methyl sites for hydroxylation is 1. The average Bonchev–Trinajstić information content (AvgIpc) is 2.68. The number of hydrogen-bond donors (Lipinski definition) is 1. The number of halogens is 4. The highest BCUT2D eigenvalue weighted by molar-refractivity contribution is 6.32. The molecule has 0 saturated heterocycles. The monoisotopic (exact) mass is 419 g/mol. The van der Waals surface area contributed by atoms with Gasteiger partial charge in [0.05, 0.1) is 17.3 Å². The highest BCUT2D eigenvalue weighted by Gasteiger charge is 2.18. The van der Waals surface area contributed by atoms with Crippen molar-refractivity contribution < 1.29 is 17.9 Å². The van der Waals surface area contributed by atoms with Crippen LogP contribution in [-0.4, -0.2) is 10.2 Å². The van der Waals surface area contributed by atoms with Crippen molar-refractivity contribution in [3.05, 3.63) is 91.4 Å². The van der Waals surface area contributed by atoms with Gasteiger partial charge in [0.2, 0.25) is 0 Å². The summed E-state index contributed by atoms with van der Waals surface area (Å²) in [5, 5.41) is 6.14. The maximum absolute atomic E-state index is 15.0. The summed E-state index contributed by atoms with van der Waals surface area (Å²) in [7, 11) is 0. The predicted molar refractivity (Wildman–Crippen MR) is 102 cm³/mol. The Bertz CT molecular complexity index is 1170. The molecule has 3 aromatic rings. The molecule has 0 aliphatic carbocycles. The molecule has 5 nitrogen and oxygen atoms in total. The standard InChI is InChI=1S/C20H13ClF3N3O2/c1-10-5-17(28)27-26-16(10)8-11-3-4-15(21)19(18(11)22)29-14-7-12(20(23)24)6-13(9-14)25-2/h3-7,9,20H,8H2,1H3,(H,27,28). The molecule has 0 unspecified atom stereocenters. The fourth-order valence-corrected chi connectivity index (χ4v) is 2.84. The summed E-state index contributed by atoms with van der Waals surface area (Å²) in [5.41, 5.74) is 0.348. The van der Waals surface area contributed by atoms with Crippen LogP contribution in [0.4, 0.5) is 18.9 Å². The summed E-state index contributed by atoms with van der Waals surface area (Å²) < 4.78 is 46.6. The third-order valence-electron chi connectivity index (χ3n) is 4.11. The minimum absolute atomic E-state index is 0.0480. The zero-order valence-electron chi connectivity index (χ0n) is 15.0. The molecule has 0 fully saturated rings. The number of hydrogen-bond acceptors (Lipinski definition) is 3. The van der Waals surface area contributed by atoms with Crippen LogP contribution in [0.15, 0.2) is 41.2 Å². The van der Waals surface area contributed by atoms with Crippen molar-refractivity contribution in [2.45, 2.75) is 19.8 Å². The Labute approximate surface area is 168 Å². The predicted octanol–water partition coefficient (Wildman–Crippen LogP) is 5.74. The number of aromatic amines is 1. The van der Waals surface area contributed by atoms with E-state index in [4.69, 9.17) is 22.9 Å². The van der Waals surface area contributed by atoms with E-state index >= 15 is 4.39 Å². The molecule has 0 amide bonds. The Balaban J connectivity index is 1.99. The molecular formula is C20H13ClF3N3O2. The molecule has 29 heavy (non-hydrogen) atoms. The normalized spacial score (nSPS) is 10.8. The fraction of sp³-hybridized carbons (Fsp3) is 0.150. The lowest BCUT2D eigenvalue weighted by Crippen LogP contribution is -2.11. The van der Waals surface area contributed by atoms with Gasteiger partial charge in [-0.15, -0.1) is 0 Å². The first-order valence-electron chi connectivity index (χ1n) is 8.29. The van der Waals surface area contributed by atoms with Gasteiger partial charge < -0.3 is 4.74 Å². The third kappa shape index (κ3) is 4.58. The Morgan fingerprint density at radius 3 is 2.69 bits per heavy atom. The van der Waals surface area contributed by atoms with E-state index in [1.807, 2.05) is 0 Å². The molecule has 0 spiro atoms. The summed E-state index contributed by atoms with van der Waals surface area (Å²) in [4.78, 5) is 14.4. The number of nitrogens with zero attached hydrogens (tertiary/aromatic N) is 2. The van der Waals surface area contributed by atoms with E-state index in [0.29, 0.717) is 11.3 Å². The first-order valence-corrected chi connectivity index (χ1v) is 8.67. The van der Waals surface area contributed by atoms with Crippen molar-refractivity contribution in [2.24, 2.45) is 0 Å². The van der Waals surface area contributed by atoms with Crippen LogP contribution in [0.3, 0.4) is 0 Å². The number of alkyl halides is 2. The molecule has 0 radical (unpaired) electrons. The van der Waals surface area contributed by atoms with Crippen molar-refractivity contribution in [3.63, 3.8) is 0 Å². The molecule has 1 aromatic heterocycles. The second-order valence-electron chi connectivity index (χ2n) is 6.16. The minimum atomic E-state index is -2.82. The Morgan fingerprint density at radius 1 is 1.28 bits per heavy atom. The summed E-state index contributed by atoms with van der Waals surface area (Å²) in [6.07, 6.45) is -2.77. The Hall–Kier alpha value is -3.31. The highest BCUT2D eigenvalue weighted by Crippen LogP contribution is 2.37. The van der Waals surface area contributed by atoms with Crippen molar-refractivity contribution in [1.29, 1.82) is 0 Å². The molecule has 0 aliphatic heterocycles. The van der Waals surface area contributed by atoms with Crippen LogP contribution in [-0.2, 0) is 6.42 Å². The zero-order valence-corrected chi connectivity index (χ0v) is 15.7. The first-order chi connectivity index (χ1) is 13.8. The maximum Gasteiger partial charge on any atom is 0.264 e. The van der Waals surface area contributed by atoms with Gasteiger partial charge in [0.25, 0.3) is 12.0 Å². The lowest BCUT2D eigenvalue weighted by Gasteiger charge is -2.13. The van der Waals surface area contributed by atoms with E-state index in [1.54, 1.807) is 6.92 Å². The summed E-state index contributed by atoms with van der Waals surface area (Å²) >= 11 is 6.05. The lowest BCUT2D eigenvalue weighted by atomic mass is 10.1. The van der Waals surface area contributed by atoms with Gasteiger partial charge >= 0.3 is 0 Å². The molecule has 0 atom stereocenters. The number of nitrogens with one attached hydrogen (secondary N) is 1. The van der Waals surface area contributed by atoms with E-state index in [9.17, 15) is 13.6 Å². The lowest BCUT2D eigenvalue weighted by molar-refractivity contribution is 0.151. The highest BCUT2D eigenvalue weighted by atomic mass is 35.5. The van der Waals surface area contributed by atoms with Crippen molar-refractivity contribution in [1.82, 2.24) is 10.2 Å². The summed E-state index contributed by atoms with van der Waals surface area (Å²) in [5.74, 6) is -1.28. The SMILES string of the molecule is [C-]#[N+]c1cc(Oc2c(Cl)ccc(Cc3n[nH]c(=O)cc3C)c2F)cc(C(F)F)c1. The van der Waals surface area contributed by atoms with Crippen LogP contribution in [0.1, 0.15) is 28.8 Å². The van der Waals surface area contributed by atoms with Crippen LogP contribution < -0.4 is 10.3 Å². The minimum Gasteiger partial charge on any atom is -0.454 e. The largest absolute Gasteiger partial charge is 0.454 e. The van der Waals surface area contributed by atoms with Crippen LogP contribution in [0.5, 0.6) is 11.5 Å². The maximum atomic E-state index is 15.0. The third-order valence-corrected chi connectivity index (χ3v) is 4.40. The molecule has 2 aromatic carbocycles. The van der Waals surface area contributed by atoms with E-state index < -0.39 is 17.8 Å². The zero-order chi connectivity index (χ0) is 21.1. The molecule has 1 heterocycles. The van der Waals surface area contributed by atoms with Gasteiger partial charge in [-0.2, -0.15) is 5.10 Å². The van der Waals surface area contributed by atoms with Gasteiger partial charge in [-0.3, -0.25) is 4.79 Å². The molecular weight excluding hydrogens is 407 g/mol. The molecule has 9 heteroatoms. The Morgan fingerprint density at radius 2 is 2.03 bits per heavy atom. The topological polar surface area (TPSA) is 59.3 Å².